The molecule has 2 aromatic carbocycles. The molecule has 1 saturated carbocycles. The molecule has 4 aromatic rings. The average Bonchev–Trinajstić information content (AvgIpc) is 3.40. The lowest BCUT2D eigenvalue weighted by Crippen LogP contribution is -2.49. The summed E-state index contributed by atoms with van der Waals surface area (Å²) in [6, 6.07) is 16.4. The van der Waals surface area contributed by atoms with Gasteiger partial charge in [-0.25, -0.2) is 13.4 Å². The Hall–Kier alpha value is -3.30. The van der Waals surface area contributed by atoms with Crippen molar-refractivity contribution in [2.45, 2.75) is 56.8 Å². The van der Waals surface area contributed by atoms with Gasteiger partial charge in [-0.1, -0.05) is 55.7 Å². The summed E-state index contributed by atoms with van der Waals surface area (Å²) in [5.41, 5.74) is 5.16. The van der Waals surface area contributed by atoms with Crippen LogP contribution in [0.1, 0.15) is 54.7 Å². The topological polar surface area (TPSA) is 83.7 Å². The van der Waals surface area contributed by atoms with Crippen molar-refractivity contribution in [1.29, 1.82) is 0 Å². The Bertz CT molecular complexity index is 1550. The van der Waals surface area contributed by atoms with Crippen LogP contribution in [0.2, 0.25) is 0 Å². The fourth-order valence-electron chi connectivity index (χ4n) is 5.75. The Balaban J connectivity index is 1.20. The first kappa shape index (κ1) is 25.0. The van der Waals surface area contributed by atoms with Gasteiger partial charge in [-0.15, -0.1) is 5.10 Å². The van der Waals surface area contributed by atoms with E-state index in [1.54, 1.807) is 21.1 Å². The van der Waals surface area contributed by atoms with Crippen LogP contribution in [0.4, 0.5) is 5.95 Å². The van der Waals surface area contributed by atoms with E-state index >= 15 is 0 Å². The Morgan fingerprint density at radius 3 is 2.34 bits per heavy atom. The number of hydrogen-bond donors (Lipinski definition) is 0. The summed E-state index contributed by atoms with van der Waals surface area (Å²) in [5.74, 6) is 1.79. The smallest absolute Gasteiger partial charge is 0.254 e. The first-order valence-corrected chi connectivity index (χ1v) is 15.0. The number of piperazine rings is 1. The molecule has 0 bridgehead atoms. The maximum absolute atomic E-state index is 13.3. The van der Waals surface area contributed by atoms with Gasteiger partial charge in [0.1, 0.15) is 0 Å². The quantitative estimate of drug-likeness (QED) is 0.362. The number of nitrogens with zero attached hydrogens (tertiary/aromatic N) is 6. The van der Waals surface area contributed by atoms with Crippen LogP contribution in [0.25, 0.3) is 17.0 Å². The zero-order chi connectivity index (χ0) is 26.3. The van der Waals surface area contributed by atoms with E-state index in [0.717, 1.165) is 22.4 Å². The van der Waals surface area contributed by atoms with Crippen LogP contribution in [-0.2, 0) is 10.0 Å². The Morgan fingerprint density at radius 2 is 1.61 bits per heavy atom. The van der Waals surface area contributed by atoms with Crippen molar-refractivity contribution >= 4 is 21.7 Å². The third kappa shape index (κ3) is 4.69. The molecule has 0 spiro atoms. The molecule has 38 heavy (non-hydrogen) atoms. The number of sulfonamides is 1. The van der Waals surface area contributed by atoms with E-state index in [1.165, 1.54) is 37.7 Å². The number of aromatic nitrogens is 4. The molecule has 0 unspecified atom stereocenters. The molecule has 3 heterocycles. The lowest BCUT2D eigenvalue weighted by atomic mass is 9.84. The minimum atomic E-state index is -3.55. The summed E-state index contributed by atoms with van der Waals surface area (Å²) in [5, 5.41) is 4.80. The summed E-state index contributed by atoms with van der Waals surface area (Å²) in [6.07, 6.45) is 8.34. The van der Waals surface area contributed by atoms with E-state index in [4.69, 9.17) is 5.10 Å². The van der Waals surface area contributed by atoms with Gasteiger partial charge in [0, 0.05) is 37.9 Å². The van der Waals surface area contributed by atoms with Gasteiger partial charge in [0.2, 0.25) is 16.0 Å². The average molecular weight is 531 g/mol. The molecular formula is C29H34N6O2S. The first-order chi connectivity index (χ1) is 18.4. The van der Waals surface area contributed by atoms with Crippen molar-refractivity contribution in [3.8, 4) is 11.3 Å². The molecule has 1 aliphatic carbocycles. The SMILES string of the molecule is Cc1ccc(C)c(S(=O)(=O)N2CCN(c3nc4nccc(-c5ccc(C6CCCCC6)cc5)n4n3)CC2)c1. The summed E-state index contributed by atoms with van der Waals surface area (Å²) < 4.78 is 30.0. The molecule has 198 valence electrons. The zero-order valence-corrected chi connectivity index (χ0v) is 22.9. The number of anilines is 1. The second-order valence-corrected chi connectivity index (χ2v) is 12.5. The van der Waals surface area contributed by atoms with Gasteiger partial charge >= 0.3 is 0 Å². The predicted octanol–water partition coefficient (Wildman–Crippen LogP) is 4.97. The first-order valence-electron chi connectivity index (χ1n) is 13.5. The molecule has 0 atom stereocenters. The number of hydrogen-bond acceptors (Lipinski definition) is 6. The predicted molar refractivity (Wildman–Crippen MR) is 149 cm³/mol. The molecule has 6 rings (SSSR count). The van der Waals surface area contributed by atoms with Crippen molar-refractivity contribution in [3.63, 3.8) is 0 Å². The van der Waals surface area contributed by atoms with E-state index in [-0.39, 0.29) is 0 Å². The number of aryl methyl sites for hydroxylation is 2. The van der Waals surface area contributed by atoms with Crippen LogP contribution in [0.5, 0.6) is 0 Å². The minimum absolute atomic E-state index is 0.383. The van der Waals surface area contributed by atoms with Crippen molar-refractivity contribution in [2.75, 3.05) is 31.1 Å². The molecule has 2 fully saturated rings. The molecule has 1 saturated heterocycles. The number of fused-ring (bicyclic) bond motifs is 1. The molecule has 8 nitrogen and oxygen atoms in total. The molecule has 1 aliphatic heterocycles. The normalized spacial score (nSPS) is 17.8. The molecule has 9 heteroatoms. The highest BCUT2D eigenvalue weighted by Crippen LogP contribution is 2.33. The summed E-state index contributed by atoms with van der Waals surface area (Å²) in [7, 11) is -3.55. The third-order valence-electron chi connectivity index (χ3n) is 8.00. The van der Waals surface area contributed by atoms with Gasteiger partial charge in [-0.3, -0.25) is 0 Å². The second kappa shape index (κ2) is 10.1. The van der Waals surface area contributed by atoms with E-state index in [2.05, 4.69) is 34.2 Å². The van der Waals surface area contributed by atoms with Crippen LogP contribution < -0.4 is 4.90 Å². The van der Waals surface area contributed by atoms with Crippen LogP contribution in [0, 0.1) is 13.8 Å². The summed E-state index contributed by atoms with van der Waals surface area (Å²) in [6.45, 7) is 5.57. The fourth-order valence-corrected chi connectivity index (χ4v) is 7.48. The van der Waals surface area contributed by atoms with Gasteiger partial charge in [-0.2, -0.15) is 13.8 Å². The maximum atomic E-state index is 13.3. The molecular weight excluding hydrogens is 496 g/mol. The maximum Gasteiger partial charge on any atom is 0.254 e. The Kier molecular flexibility index (Phi) is 6.65. The van der Waals surface area contributed by atoms with Gasteiger partial charge in [-0.05, 0) is 61.4 Å². The monoisotopic (exact) mass is 530 g/mol. The highest BCUT2D eigenvalue weighted by Gasteiger charge is 2.31. The van der Waals surface area contributed by atoms with E-state index in [0.29, 0.717) is 48.7 Å². The Labute approximate surface area is 224 Å². The molecule has 0 N–H and O–H groups in total. The van der Waals surface area contributed by atoms with Gasteiger partial charge in [0.25, 0.3) is 5.78 Å². The van der Waals surface area contributed by atoms with Crippen LogP contribution in [0.3, 0.4) is 0 Å². The highest BCUT2D eigenvalue weighted by atomic mass is 32.2. The van der Waals surface area contributed by atoms with Crippen LogP contribution in [0.15, 0.2) is 59.6 Å². The summed E-state index contributed by atoms with van der Waals surface area (Å²) >= 11 is 0. The van der Waals surface area contributed by atoms with Crippen LogP contribution >= 0.6 is 0 Å². The second-order valence-electron chi connectivity index (χ2n) is 10.6. The van der Waals surface area contributed by atoms with E-state index in [9.17, 15) is 8.42 Å². The minimum Gasteiger partial charge on any atom is -0.337 e. The lowest BCUT2D eigenvalue weighted by Gasteiger charge is -2.33. The third-order valence-corrected chi connectivity index (χ3v) is 10.0. The standard InChI is InChI=1S/C29H34N6O2S/c1-21-8-9-22(2)27(20-21)38(36,37)34-18-16-33(17-19-34)29-31-28-30-15-14-26(35(28)32-29)25-12-10-24(11-13-25)23-6-4-3-5-7-23/h8-15,20,23H,3-7,16-19H2,1-2H3. The number of rotatable bonds is 5. The van der Waals surface area contributed by atoms with Crippen molar-refractivity contribution in [3.05, 3.63) is 71.4 Å². The van der Waals surface area contributed by atoms with E-state index in [1.807, 2.05) is 36.9 Å². The molecule has 0 amide bonds. The summed E-state index contributed by atoms with van der Waals surface area (Å²) in [4.78, 5) is 11.6. The van der Waals surface area contributed by atoms with Gasteiger partial charge < -0.3 is 4.90 Å². The zero-order valence-electron chi connectivity index (χ0n) is 22.0. The largest absolute Gasteiger partial charge is 0.337 e. The van der Waals surface area contributed by atoms with Gasteiger partial charge in [0.05, 0.1) is 10.6 Å². The molecule has 2 aromatic heterocycles. The lowest BCUT2D eigenvalue weighted by molar-refractivity contribution is 0.382. The van der Waals surface area contributed by atoms with Crippen molar-refractivity contribution in [1.82, 2.24) is 23.9 Å². The fraction of sp³-hybridized carbons (Fsp3) is 0.414. The van der Waals surface area contributed by atoms with E-state index < -0.39 is 10.0 Å². The van der Waals surface area contributed by atoms with Crippen molar-refractivity contribution < 1.29 is 8.42 Å². The highest BCUT2D eigenvalue weighted by molar-refractivity contribution is 7.89. The van der Waals surface area contributed by atoms with Gasteiger partial charge in [0.15, 0.2) is 0 Å². The molecule has 2 aliphatic rings. The van der Waals surface area contributed by atoms with Crippen LogP contribution in [-0.4, -0.2) is 58.5 Å². The van der Waals surface area contributed by atoms with Crippen molar-refractivity contribution in [2.24, 2.45) is 0 Å². The number of benzene rings is 2. The molecule has 0 radical (unpaired) electrons. The Morgan fingerprint density at radius 1 is 0.868 bits per heavy atom.